The molecule has 0 atom stereocenters. The van der Waals surface area contributed by atoms with Crippen molar-refractivity contribution < 1.29 is 22.8 Å². The molecule has 0 bridgehead atoms. The molecule has 0 unspecified atom stereocenters. The van der Waals surface area contributed by atoms with Crippen molar-refractivity contribution in [2.24, 2.45) is 0 Å². The average molecular weight is 447 g/mol. The van der Waals surface area contributed by atoms with Crippen molar-refractivity contribution in [2.45, 2.75) is 6.18 Å². The molecule has 2 aromatic rings. The molecule has 0 aromatic heterocycles. The van der Waals surface area contributed by atoms with Crippen LogP contribution in [0.1, 0.15) is 15.9 Å². The SMILES string of the molecule is CN1CCN(c2ccc(NC(=O)c3ccc(N4CCNC4=O)cc3)c(C(F)(F)F)c2)CC1. The number of amides is 3. The topological polar surface area (TPSA) is 67.9 Å². The molecule has 0 aliphatic carbocycles. The lowest BCUT2D eigenvalue weighted by atomic mass is 10.1. The zero-order valence-corrected chi connectivity index (χ0v) is 17.6. The first-order chi connectivity index (χ1) is 15.2. The number of carbonyl (C=O) groups excluding carboxylic acids is 2. The molecule has 2 aliphatic heterocycles. The van der Waals surface area contributed by atoms with E-state index < -0.39 is 17.6 Å². The van der Waals surface area contributed by atoms with Gasteiger partial charge in [-0.1, -0.05) is 0 Å². The number of rotatable bonds is 4. The number of nitrogens with one attached hydrogen (secondary N) is 2. The quantitative estimate of drug-likeness (QED) is 0.755. The van der Waals surface area contributed by atoms with Gasteiger partial charge >= 0.3 is 12.2 Å². The normalized spacial score (nSPS) is 17.4. The van der Waals surface area contributed by atoms with Gasteiger partial charge in [-0.05, 0) is 49.5 Å². The van der Waals surface area contributed by atoms with Gasteiger partial charge in [0.2, 0.25) is 0 Å². The Morgan fingerprint density at radius 1 is 0.969 bits per heavy atom. The van der Waals surface area contributed by atoms with Gasteiger partial charge in [-0.3, -0.25) is 9.69 Å². The molecule has 7 nitrogen and oxygen atoms in total. The van der Waals surface area contributed by atoms with Crippen molar-refractivity contribution >= 4 is 29.0 Å². The zero-order valence-electron chi connectivity index (χ0n) is 17.6. The third-order valence-electron chi connectivity index (χ3n) is 5.72. The number of carbonyl (C=O) groups is 2. The van der Waals surface area contributed by atoms with Crippen molar-refractivity contribution in [1.29, 1.82) is 0 Å². The third kappa shape index (κ3) is 4.64. The van der Waals surface area contributed by atoms with E-state index in [1.807, 2.05) is 11.9 Å². The van der Waals surface area contributed by atoms with Gasteiger partial charge in [0.1, 0.15) is 0 Å². The fraction of sp³-hybridized carbons (Fsp3) is 0.364. The second kappa shape index (κ2) is 8.70. The Hall–Kier alpha value is -3.27. The Morgan fingerprint density at radius 2 is 1.62 bits per heavy atom. The molecule has 2 heterocycles. The number of likely N-dealkylation sites (N-methyl/N-ethyl adjacent to an activating group) is 1. The summed E-state index contributed by atoms with van der Waals surface area (Å²) in [6, 6.07) is 9.95. The lowest BCUT2D eigenvalue weighted by Gasteiger charge is -2.34. The van der Waals surface area contributed by atoms with Crippen LogP contribution in [0, 0.1) is 0 Å². The Kier molecular flexibility index (Phi) is 5.96. The number of anilines is 3. The van der Waals surface area contributed by atoms with Gasteiger partial charge in [0.15, 0.2) is 0 Å². The number of benzene rings is 2. The van der Waals surface area contributed by atoms with Crippen LogP contribution in [0.25, 0.3) is 0 Å². The molecule has 2 N–H and O–H groups in total. The summed E-state index contributed by atoms with van der Waals surface area (Å²) in [5.41, 5.74) is 0.126. The van der Waals surface area contributed by atoms with Gasteiger partial charge in [0.05, 0.1) is 11.3 Å². The molecule has 170 valence electrons. The summed E-state index contributed by atoms with van der Waals surface area (Å²) in [7, 11) is 1.98. The molecule has 2 fully saturated rings. The number of nitrogens with zero attached hydrogens (tertiary/aromatic N) is 3. The highest BCUT2D eigenvalue weighted by Crippen LogP contribution is 2.37. The van der Waals surface area contributed by atoms with Crippen LogP contribution in [0.4, 0.5) is 35.0 Å². The Morgan fingerprint density at radius 3 is 2.22 bits per heavy atom. The third-order valence-corrected chi connectivity index (χ3v) is 5.72. The van der Waals surface area contributed by atoms with Gasteiger partial charge in [-0.15, -0.1) is 0 Å². The monoisotopic (exact) mass is 447 g/mol. The Bertz CT molecular complexity index is 1000. The van der Waals surface area contributed by atoms with Crippen LogP contribution in [0.2, 0.25) is 0 Å². The number of hydrogen-bond acceptors (Lipinski definition) is 4. The number of urea groups is 1. The van der Waals surface area contributed by atoms with E-state index in [9.17, 15) is 22.8 Å². The first kappa shape index (κ1) is 21.9. The van der Waals surface area contributed by atoms with Crippen LogP contribution < -0.4 is 20.4 Å². The first-order valence-electron chi connectivity index (χ1n) is 10.3. The molecule has 10 heteroatoms. The lowest BCUT2D eigenvalue weighted by Crippen LogP contribution is -2.44. The molecular weight excluding hydrogens is 423 g/mol. The summed E-state index contributed by atoms with van der Waals surface area (Å²) in [6.07, 6.45) is -4.61. The number of piperazine rings is 1. The molecule has 2 aliphatic rings. The molecule has 0 radical (unpaired) electrons. The van der Waals surface area contributed by atoms with Crippen LogP contribution in [-0.4, -0.2) is 63.2 Å². The van der Waals surface area contributed by atoms with E-state index in [0.29, 0.717) is 37.6 Å². The summed E-state index contributed by atoms with van der Waals surface area (Å²) >= 11 is 0. The van der Waals surface area contributed by atoms with Crippen molar-refractivity contribution in [3.05, 3.63) is 53.6 Å². The largest absolute Gasteiger partial charge is 0.418 e. The Labute approximate surface area is 183 Å². The second-order valence-electron chi connectivity index (χ2n) is 7.90. The van der Waals surface area contributed by atoms with E-state index in [1.165, 1.54) is 23.1 Å². The van der Waals surface area contributed by atoms with Crippen LogP contribution in [0.15, 0.2) is 42.5 Å². The maximum atomic E-state index is 13.8. The number of alkyl halides is 3. The molecule has 32 heavy (non-hydrogen) atoms. The van der Waals surface area contributed by atoms with Gasteiger partial charge in [0.25, 0.3) is 5.91 Å². The van der Waals surface area contributed by atoms with Crippen molar-refractivity contribution in [1.82, 2.24) is 10.2 Å². The molecule has 0 spiro atoms. The van der Waals surface area contributed by atoms with Crippen LogP contribution in [0.3, 0.4) is 0 Å². The molecule has 0 saturated carbocycles. The zero-order chi connectivity index (χ0) is 22.9. The van der Waals surface area contributed by atoms with Crippen LogP contribution in [0.5, 0.6) is 0 Å². The molecule has 2 aromatic carbocycles. The first-order valence-corrected chi connectivity index (χ1v) is 10.3. The lowest BCUT2D eigenvalue weighted by molar-refractivity contribution is -0.136. The summed E-state index contributed by atoms with van der Waals surface area (Å²) in [5.74, 6) is -0.653. The molecule has 2 saturated heterocycles. The van der Waals surface area contributed by atoms with Crippen LogP contribution >= 0.6 is 0 Å². The van der Waals surface area contributed by atoms with Crippen molar-refractivity contribution in [2.75, 3.05) is 61.4 Å². The molecule has 3 amide bonds. The highest BCUT2D eigenvalue weighted by atomic mass is 19.4. The van der Waals surface area contributed by atoms with Crippen LogP contribution in [-0.2, 0) is 6.18 Å². The van der Waals surface area contributed by atoms with Gasteiger partial charge in [-0.25, -0.2) is 4.79 Å². The fourth-order valence-corrected chi connectivity index (χ4v) is 3.84. The summed E-state index contributed by atoms with van der Waals surface area (Å²) < 4.78 is 41.3. The van der Waals surface area contributed by atoms with E-state index >= 15 is 0 Å². The van der Waals surface area contributed by atoms with E-state index in [2.05, 4.69) is 15.5 Å². The minimum Gasteiger partial charge on any atom is -0.369 e. The predicted molar refractivity (Wildman–Crippen MR) is 116 cm³/mol. The van der Waals surface area contributed by atoms with Crippen molar-refractivity contribution in [3.63, 3.8) is 0 Å². The highest BCUT2D eigenvalue weighted by molar-refractivity contribution is 6.05. The Balaban J connectivity index is 1.52. The minimum atomic E-state index is -4.61. The summed E-state index contributed by atoms with van der Waals surface area (Å²) in [5, 5.41) is 5.07. The van der Waals surface area contributed by atoms with Crippen molar-refractivity contribution in [3.8, 4) is 0 Å². The second-order valence-corrected chi connectivity index (χ2v) is 7.90. The summed E-state index contributed by atoms with van der Waals surface area (Å²) in [6.45, 7) is 3.87. The maximum Gasteiger partial charge on any atom is 0.418 e. The van der Waals surface area contributed by atoms with E-state index in [-0.39, 0.29) is 17.3 Å². The van der Waals surface area contributed by atoms with E-state index in [4.69, 9.17) is 0 Å². The standard InChI is InChI=1S/C22H24F3N5O2/c1-28-10-12-29(13-11-28)17-6-7-19(18(14-17)22(23,24)25)27-20(31)15-2-4-16(5-3-15)30-9-8-26-21(30)32/h2-7,14H,8-13H2,1H3,(H,26,32)(H,27,31). The van der Waals surface area contributed by atoms with Gasteiger partial charge < -0.3 is 20.4 Å². The highest BCUT2D eigenvalue weighted by Gasteiger charge is 2.35. The molecular formula is C22H24F3N5O2. The average Bonchev–Trinajstić information content (AvgIpc) is 3.20. The fourth-order valence-electron chi connectivity index (χ4n) is 3.84. The van der Waals surface area contributed by atoms with Gasteiger partial charge in [0, 0.05) is 56.2 Å². The van der Waals surface area contributed by atoms with E-state index in [0.717, 1.165) is 19.2 Å². The summed E-state index contributed by atoms with van der Waals surface area (Å²) in [4.78, 5) is 29.9. The predicted octanol–water partition coefficient (Wildman–Crippen LogP) is 3.24. The molecule has 4 rings (SSSR count). The van der Waals surface area contributed by atoms with Gasteiger partial charge in [-0.2, -0.15) is 13.2 Å². The minimum absolute atomic E-state index is 0.199. The number of hydrogen-bond donors (Lipinski definition) is 2. The number of halogens is 3. The smallest absolute Gasteiger partial charge is 0.369 e. The maximum absolute atomic E-state index is 13.8. The van der Waals surface area contributed by atoms with E-state index in [1.54, 1.807) is 18.2 Å².